The molecule has 0 radical (unpaired) electrons. The smallest absolute Gasteiger partial charge is 0.271 e. The molecule has 0 saturated carbocycles. The second-order valence-electron chi connectivity index (χ2n) is 3.76. The first-order chi connectivity index (χ1) is 7.61. The van der Waals surface area contributed by atoms with Crippen molar-refractivity contribution in [3.63, 3.8) is 0 Å². The third-order valence-corrected chi connectivity index (χ3v) is 3.94. The number of alkyl halides is 1. The van der Waals surface area contributed by atoms with Gasteiger partial charge >= 0.3 is 0 Å². The van der Waals surface area contributed by atoms with E-state index in [-0.39, 0.29) is 17.4 Å². The van der Waals surface area contributed by atoms with Crippen molar-refractivity contribution in [2.45, 2.75) is 6.42 Å². The normalized spacial score (nSPS) is 20.5. The summed E-state index contributed by atoms with van der Waals surface area (Å²) in [5.41, 5.74) is 0.189. The van der Waals surface area contributed by atoms with Crippen LogP contribution >= 0.6 is 31.9 Å². The van der Waals surface area contributed by atoms with E-state index in [9.17, 15) is 9.59 Å². The van der Waals surface area contributed by atoms with Gasteiger partial charge in [0.2, 0.25) is 5.91 Å². The van der Waals surface area contributed by atoms with Gasteiger partial charge in [-0.3, -0.25) is 9.59 Å². The number of nitrogens with one attached hydrogen (secondary N) is 1. The first kappa shape index (κ1) is 11.9. The van der Waals surface area contributed by atoms with Crippen LogP contribution in [0.25, 0.3) is 0 Å². The van der Waals surface area contributed by atoms with Crippen LogP contribution in [-0.4, -0.2) is 22.8 Å². The number of aromatic nitrogens is 1. The Hall–Kier alpha value is -0.620. The van der Waals surface area contributed by atoms with Crippen LogP contribution in [0.15, 0.2) is 21.5 Å². The van der Waals surface area contributed by atoms with Crippen LogP contribution in [-0.2, 0) is 4.79 Å². The number of hydrogen-bond donors (Lipinski definition) is 1. The van der Waals surface area contributed by atoms with E-state index in [0.29, 0.717) is 18.7 Å². The van der Waals surface area contributed by atoms with Gasteiger partial charge in [-0.05, 0) is 27.9 Å². The maximum atomic E-state index is 11.7. The number of halogens is 2. The molecule has 1 aromatic rings. The van der Waals surface area contributed by atoms with Crippen molar-refractivity contribution in [2.75, 3.05) is 16.8 Å². The highest BCUT2D eigenvalue weighted by Crippen LogP contribution is 2.25. The highest BCUT2D eigenvalue weighted by Gasteiger charge is 2.31. The van der Waals surface area contributed by atoms with E-state index in [1.54, 1.807) is 17.2 Å². The molecule has 1 fully saturated rings. The van der Waals surface area contributed by atoms with Gasteiger partial charge in [0.1, 0.15) is 5.69 Å². The van der Waals surface area contributed by atoms with Gasteiger partial charge in [-0.2, -0.15) is 0 Å². The van der Waals surface area contributed by atoms with E-state index in [0.717, 1.165) is 9.80 Å². The summed E-state index contributed by atoms with van der Waals surface area (Å²) in [7, 11) is 0. The highest BCUT2D eigenvalue weighted by atomic mass is 79.9. The van der Waals surface area contributed by atoms with Crippen molar-refractivity contribution >= 4 is 43.5 Å². The Morgan fingerprint density at radius 1 is 1.50 bits per heavy atom. The molecule has 2 rings (SSSR count). The minimum Gasteiger partial charge on any atom is -0.326 e. The van der Waals surface area contributed by atoms with Gasteiger partial charge < -0.3 is 9.88 Å². The standard InChI is InChI=1S/C10H10Br2N2O2/c11-3-6-1-9(15)14(5-6)8-2-7(12)4-13-10(8)16/h2,4,6H,1,3,5H2,(H,13,16). The Bertz CT molecular complexity index is 472. The number of hydrogen-bond acceptors (Lipinski definition) is 2. The molecule has 1 amide bonds. The van der Waals surface area contributed by atoms with E-state index in [2.05, 4.69) is 36.8 Å². The molecular weight excluding hydrogens is 340 g/mol. The topological polar surface area (TPSA) is 53.2 Å². The fourth-order valence-corrected chi connectivity index (χ4v) is 2.53. The van der Waals surface area contributed by atoms with Crippen molar-refractivity contribution in [3.8, 4) is 0 Å². The molecule has 0 aliphatic carbocycles. The number of aromatic amines is 1. The summed E-state index contributed by atoms with van der Waals surface area (Å²) >= 11 is 6.64. The molecule has 1 aliphatic rings. The summed E-state index contributed by atoms with van der Waals surface area (Å²) in [5, 5.41) is 0.779. The lowest BCUT2D eigenvalue weighted by Crippen LogP contribution is -2.30. The fraction of sp³-hybridized carbons (Fsp3) is 0.400. The molecule has 1 aliphatic heterocycles. The van der Waals surface area contributed by atoms with Crippen molar-refractivity contribution < 1.29 is 4.79 Å². The number of nitrogens with zero attached hydrogens (tertiary/aromatic N) is 1. The second kappa shape index (κ2) is 4.71. The molecular formula is C10H10Br2N2O2. The zero-order valence-corrected chi connectivity index (χ0v) is 11.5. The van der Waals surface area contributed by atoms with E-state index in [1.807, 2.05) is 0 Å². The van der Waals surface area contributed by atoms with Crippen molar-refractivity contribution in [2.24, 2.45) is 5.92 Å². The second-order valence-corrected chi connectivity index (χ2v) is 5.32. The van der Waals surface area contributed by atoms with Crippen LogP contribution < -0.4 is 10.5 Å². The number of carbonyl (C=O) groups is 1. The van der Waals surface area contributed by atoms with E-state index < -0.39 is 0 Å². The maximum absolute atomic E-state index is 11.7. The molecule has 1 atom stereocenters. The number of pyridine rings is 1. The van der Waals surface area contributed by atoms with Gasteiger partial charge in [0.15, 0.2) is 0 Å². The Morgan fingerprint density at radius 3 is 2.88 bits per heavy atom. The minimum atomic E-state index is -0.230. The molecule has 1 saturated heterocycles. The largest absolute Gasteiger partial charge is 0.326 e. The van der Waals surface area contributed by atoms with E-state index in [4.69, 9.17) is 0 Å². The predicted octanol–water partition coefficient (Wildman–Crippen LogP) is 1.89. The van der Waals surface area contributed by atoms with Crippen molar-refractivity contribution in [1.29, 1.82) is 0 Å². The molecule has 4 nitrogen and oxygen atoms in total. The molecule has 2 heterocycles. The zero-order valence-electron chi connectivity index (χ0n) is 8.37. The molecule has 86 valence electrons. The van der Waals surface area contributed by atoms with Crippen LogP contribution in [0.2, 0.25) is 0 Å². The summed E-state index contributed by atoms with van der Waals surface area (Å²) in [6.45, 7) is 0.601. The van der Waals surface area contributed by atoms with Crippen LogP contribution in [0.3, 0.4) is 0 Å². The van der Waals surface area contributed by atoms with Gasteiger partial charge in [0, 0.05) is 29.0 Å². The molecule has 1 unspecified atom stereocenters. The van der Waals surface area contributed by atoms with Gasteiger partial charge in [-0.25, -0.2) is 0 Å². The summed E-state index contributed by atoms with van der Waals surface area (Å²) in [5.74, 6) is 0.291. The lowest BCUT2D eigenvalue weighted by molar-refractivity contribution is -0.117. The van der Waals surface area contributed by atoms with E-state index >= 15 is 0 Å². The number of amides is 1. The number of rotatable bonds is 2. The monoisotopic (exact) mass is 348 g/mol. The quantitative estimate of drug-likeness (QED) is 0.829. The molecule has 0 aromatic carbocycles. The molecule has 0 spiro atoms. The first-order valence-corrected chi connectivity index (χ1v) is 6.78. The fourth-order valence-electron chi connectivity index (χ4n) is 1.76. The van der Waals surface area contributed by atoms with Crippen LogP contribution in [0.4, 0.5) is 5.69 Å². The number of anilines is 1. The highest BCUT2D eigenvalue weighted by molar-refractivity contribution is 9.10. The van der Waals surface area contributed by atoms with Crippen LogP contribution in [0.5, 0.6) is 0 Å². The average Bonchev–Trinajstić information content (AvgIpc) is 2.63. The van der Waals surface area contributed by atoms with Crippen molar-refractivity contribution in [3.05, 3.63) is 27.1 Å². The molecule has 1 aromatic heterocycles. The summed E-state index contributed by atoms with van der Waals surface area (Å²) < 4.78 is 0.761. The summed E-state index contributed by atoms with van der Waals surface area (Å²) in [6.07, 6.45) is 2.06. The van der Waals surface area contributed by atoms with Crippen LogP contribution in [0, 0.1) is 5.92 Å². The molecule has 6 heteroatoms. The average molecular weight is 350 g/mol. The van der Waals surface area contributed by atoms with Gasteiger partial charge in [0.25, 0.3) is 5.56 Å². The number of H-pyrrole nitrogens is 1. The lowest BCUT2D eigenvalue weighted by Gasteiger charge is -2.15. The molecule has 0 bridgehead atoms. The molecule has 1 N–H and O–H groups in total. The maximum Gasteiger partial charge on any atom is 0.271 e. The SMILES string of the molecule is O=C1CC(CBr)CN1c1cc(Br)c[nH]c1=O. The van der Waals surface area contributed by atoms with Gasteiger partial charge in [0.05, 0.1) is 0 Å². The Kier molecular flexibility index (Phi) is 3.49. The Labute approximate surface area is 109 Å². The lowest BCUT2D eigenvalue weighted by atomic mass is 10.2. The van der Waals surface area contributed by atoms with Crippen molar-refractivity contribution in [1.82, 2.24) is 4.98 Å². The van der Waals surface area contributed by atoms with Gasteiger partial charge in [-0.1, -0.05) is 15.9 Å². The predicted molar refractivity (Wildman–Crippen MR) is 69.0 cm³/mol. The van der Waals surface area contributed by atoms with Gasteiger partial charge in [-0.15, -0.1) is 0 Å². The van der Waals surface area contributed by atoms with E-state index in [1.165, 1.54) is 0 Å². The third-order valence-electron chi connectivity index (χ3n) is 2.56. The third kappa shape index (κ3) is 2.22. The summed E-state index contributed by atoms with van der Waals surface area (Å²) in [4.78, 5) is 27.5. The molecule has 16 heavy (non-hydrogen) atoms. The Morgan fingerprint density at radius 2 is 2.25 bits per heavy atom. The summed E-state index contributed by atoms with van der Waals surface area (Å²) in [6, 6.07) is 1.67. The number of carbonyl (C=O) groups excluding carboxylic acids is 1. The first-order valence-electron chi connectivity index (χ1n) is 4.86. The van der Waals surface area contributed by atoms with Crippen LogP contribution in [0.1, 0.15) is 6.42 Å². The minimum absolute atomic E-state index is 0.00745. The Balaban J connectivity index is 2.34. The zero-order chi connectivity index (χ0) is 11.7.